The first-order valence-electron chi connectivity index (χ1n) is 7.77. The summed E-state index contributed by atoms with van der Waals surface area (Å²) in [4.78, 5) is 14.9. The molecule has 1 spiro atoms. The second kappa shape index (κ2) is 4.57. The predicted octanol–water partition coefficient (Wildman–Crippen LogP) is 4.37. The number of carbonyl (C=O) groups excluding carboxylic acids is 1. The Hall–Kier alpha value is -1.88. The molecule has 0 fully saturated rings. The molecule has 0 radical (unpaired) electrons. The van der Waals surface area contributed by atoms with Crippen molar-refractivity contribution in [2.75, 3.05) is 0 Å². The van der Waals surface area contributed by atoms with Crippen molar-refractivity contribution in [3.05, 3.63) is 86.5 Å². The number of rotatable bonds is 0. The van der Waals surface area contributed by atoms with E-state index in [2.05, 4.69) is 94.2 Å². The molecule has 0 aromatic heterocycles. The summed E-state index contributed by atoms with van der Waals surface area (Å²) < 4.78 is 0.825. The van der Waals surface area contributed by atoms with Crippen LogP contribution in [0.25, 0.3) is 6.08 Å². The van der Waals surface area contributed by atoms with Gasteiger partial charge in [0.25, 0.3) is 5.91 Å². The maximum atomic E-state index is 12.8. The highest BCUT2D eigenvalue weighted by atomic mass is 127. The third-order valence-electron chi connectivity index (χ3n) is 5.30. The molecule has 2 aromatic rings. The molecule has 3 heteroatoms. The Kier molecular flexibility index (Phi) is 2.69. The predicted molar refractivity (Wildman–Crippen MR) is 99.0 cm³/mol. The first-order valence-corrected chi connectivity index (χ1v) is 8.85. The second-order valence-corrected chi connectivity index (χ2v) is 7.49. The molecule has 112 valence electrons. The molecule has 0 bridgehead atoms. The van der Waals surface area contributed by atoms with E-state index in [4.69, 9.17) is 0 Å². The Morgan fingerprint density at radius 1 is 1.09 bits per heavy atom. The Morgan fingerprint density at radius 2 is 1.87 bits per heavy atom. The molecule has 0 saturated heterocycles. The van der Waals surface area contributed by atoms with Gasteiger partial charge < -0.3 is 4.90 Å². The zero-order chi connectivity index (χ0) is 15.6. The van der Waals surface area contributed by atoms with Crippen LogP contribution in [0.2, 0.25) is 0 Å². The Bertz CT molecular complexity index is 913. The zero-order valence-corrected chi connectivity index (χ0v) is 14.5. The van der Waals surface area contributed by atoms with Gasteiger partial charge in [0.1, 0.15) is 0 Å². The molecule has 5 rings (SSSR count). The summed E-state index contributed by atoms with van der Waals surface area (Å²) in [5.74, 6) is 0.328. The van der Waals surface area contributed by atoms with Crippen molar-refractivity contribution >= 4 is 34.6 Å². The smallest absolute Gasteiger partial charge is 0.261 e. The van der Waals surface area contributed by atoms with Crippen molar-refractivity contribution in [3.63, 3.8) is 0 Å². The summed E-state index contributed by atoms with van der Waals surface area (Å²) in [6, 6.07) is 17.0. The molecule has 2 aliphatic heterocycles. The summed E-state index contributed by atoms with van der Waals surface area (Å²) in [6.45, 7) is 0.677. The highest BCUT2D eigenvalue weighted by Crippen LogP contribution is 2.56. The van der Waals surface area contributed by atoms with Crippen LogP contribution in [0.15, 0.2) is 64.3 Å². The lowest BCUT2D eigenvalue weighted by Crippen LogP contribution is -2.51. The van der Waals surface area contributed by atoms with Crippen molar-refractivity contribution in [3.8, 4) is 0 Å². The monoisotopic (exact) mass is 411 g/mol. The van der Waals surface area contributed by atoms with Crippen molar-refractivity contribution < 1.29 is 4.79 Å². The molecule has 23 heavy (non-hydrogen) atoms. The lowest BCUT2D eigenvalue weighted by molar-refractivity contribution is -0.131. The van der Waals surface area contributed by atoms with E-state index in [1.54, 1.807) is 0 Å². The number of nitrogens with zero attached hydrogens (tertiary/aromatic N) is 1. The Balaban J connectivity index is 1.87. The van der Waals surface area contributed by atoms with E-state index in [1.165, 1.54) is 22.3 Å². The number of hydrogen-bond acceptors (Lipinski definition) is 1. The lowest BCUT2D eigenvalue weighted by Gasteiger charge is -2.49. The largest absolute Gasteiger partial charge is 0.320 e. The van der Waals surface area contributed by atoms with E-state index in [1.807, 2.05) is 0 Å². The quantitative estimate of drug-likeness (QED) is 0.590. The van der Waals surface area contributed by atoms with Crippen LogP contribution in [0.1, 0.15) is 28.2 Å². The van der Waals surface area contributed by atoms with Gasteiger partial charge in [-0.25, -0.2) is 0 Å². The van der Waals surface area contributed by atoms with Crippen LogP contribution in [0, 0.1) is 0 Å². The van der Waals surface area contributed by atoms with Crippen molar-refractivity contribution in [1.82, 2.24) is 4.90 Å². The van der Waals surface area contributed by atoms with Gasteiger partial charge in [0.05, 0.1) is 9.12 Å². The molecule has 0 unspecified atom stereocenters. The van der Waals surface area contributed by atoms with E-state index in [0.29, 0.717) is 6.54 Å². The Morgan fingerprint density at radius 3 is 2.78 bits per heavy atom. The first-order chi connectivity index (χ1) is 11.2. The Labute approximate surface area is 148 Å². The molecular weight excluding hydrogens is 397 g/mol. The fourth-order valence-electron chi connectivity index (χ4n) is 4.33. The topological polar surface area (TPSA) is 20.3 Å². The molecule has 2 aromatic carbocycles. The SMILES string of the molecule is O=C1C(I)=C[C@@]23c4ccccc4C=C[C@@H]2c2ccccc2CN13. The van der Waals surface area contributed by atoms with Gasteiger partial charge in [0, 0.05) is 12.5 Å². The van der Waals surface area contributed by atoms with Crippen LogP contribution >= 0.6 is 22.6 Å². The van der Waals surface area contributed by atoms with Crippen molar-refractivity contribution in [1.29, 1.82) is 0 Å². The van der Waals surface area contributed by atoms with Crippen LogP contribution < -0.4 is 0 Å². The van der Waals surface area contributed by atoms with Crippen molar-refractivity contribution in [2.45, 2.75) is 18.0 Å². The average Bonchev–Trinajstić information content (AvgIpc) is 2.84. The fraction of sp³-hybridized carbons (Fsp3) is 0.150. The number of fused-ring (bicyclic) bond motifs is 3. The third-order valence-corrected chi connectivity index (χ3v) is 6.07. The summed E-state index contributed by atoms with van der Waals surface area (Å²) in [7, 11) is 0. The van der Waals surface area contributed by atoms with E-state index in [9.17, 15) is 4.79 Å². The summed E-state index contributed by atoms with van der Waals surface area (Å²) >= 11 is 2.19. The van der Waals surface area contributed by atoms with Crippen molar-refractivity contribution in [2.24, 2.45) is 0 Å². The second-order valence-electron chi connectivity index (χ2n) is 6.33. The zero-order valence-electron chi connectivity index (χ0n) is 12.4. The summed E-state index contributed by atoms with van der Waals surface area (Å²) in [6.07, 6.45) is 6.65. The molecule has 0 N–H and O–H groups in total. The first kappa shape index (κ1) is 13.5. The van der Waals surface area contributed by atoms with E-state index in [0.717, 1.165) is 3.58 Å². The van der Waals surface area contributed by atoms with E-state index < -0.39 is 0 Å². The summed E-state index contributed by atoms with van der Waals surface area (Å²) in [5.41, 5.74) is 4.67. The standard InChI is InChI=1S/C20H14INO/c21-18-11-20-16-8-4-2-5-13(16)9-10-17(20)15-7-3-1-6-14(15)12-22(20)19(18)23/h1-11,17H,12H2/t17-,20-/m1/s1. The summed E-state index contributed by atoms with van der Waals surface area (Å²) in [5, 5.41) is 0. The molecular formula is C20H14INO. The van der Waals surface area contributed by atoms with Crippen LogP contribution in [0.4, 0.5) is 0 Å². The molecule has 1 amide bonds. The average molecular weight is 411 g/mol. The van der Waals surface area contributed by atoms with Gasteiger partial charge in [-0.3, -0.25) is 4.79 Å². The lowest BCUT2D eigenvalue weighted by atomic mass is 9.66. The molecule has 2 heterocycles. The molecule has 1 aliphatic carbocycles. The van der Waals surface area contributed by atoms with Gasteiger partial charge in [-0.15, -0.1) is 0 Å². The van der Waals surface area contributed by atoms with Crippen LogP contribution in [-0.4, -0.2) is 10.8 Å². The highest BCUT2D eigenvalue weighted by Gasteiger charge is 2.55. The third kappa shape index (κ3) is 1.61. The van der Waals surface area contributed by atoms with Gasteiger partial charge in [-0.05, 0) is 50.9 Å². The molecule has 0 saturated carbocycles. The van der Waals surface area contributed by atoms with Gasteiger partial charge in [0.2, 0.25) is 0 Å². The molecule has 3 aliphatic rings. The van der Waals surface area contributed by atoms with E-state index >= 15 is 0 Å². The number of halogens is 1. The maximum absolute atomic E-state index is 12.8. The number of amides is 1. The number of benzene rings is 2. The molecule has 2 atom stereocenters. The minimum absolute atomic E-state index is 0.148. The number of carbonyl (C=O) groups is 1. The maximum Gasteiger partial charge on any atom is 0.261 e. The highest BCUT2D eigenvalue weighted by molar-refractivity contribution is 14.1. The van der Waals surface area contributed by atoms with E-state index in [-0.39, 0.29) is 17.4 Å². The number of hydrogen-bond donors (Lipinski definition) is 0. The van der Waals surface area contributed by atoms with Crippen LogP contribution in [-0.2, 0) is 16.9 Å². The van der Waals surface area contributed by atoms with Gasteiger partial charge in [-0.1, -0.05) is 60.7 Å². The molecule has 2 nitrogen and oxygen atoms in total. The van der Waals surface area contributed by atoms with Crippen LogP contribution in [0.3, 0.4) is 0 Å². The normalized spacial score (nSPS) is 27.0. The minimum atomic E-state index is -0.368. The fourth-order valence-corrected chi connectivity index (χ4v) is 5.09. The van der Waals surface area contributed by atoms with Gasteiger partial charge in [0.15, 0.2) is 0 Å². The van der Waals surface area contributed by atoms with Gasteiger partial charge in [-0.2, -0.15) is 0 Å². The van der Waals surface area contributed by atoms with Gasteiger partial charge >= 0.3 is 0 Å². The minimum Gasteiger partial charge on any atom is -0.320 e. The van der Waals surface area contributed by atoms with Crippen LogP contribution in [0.5, 0.6) is 0 Å².